The predicted molar refractivity (Wildman–Crippen MR) is 128 cm³/mol. The van der Waals surface area contributed by atoms with Crippen molar-refractivity contribution in [2.45, 2.75) is 45.2 Å². The van der Waals surface area contributed by atoms with Crippen molar-refractivity contribution in [1.82, 2.24) is 10.3 Å². The first-order chi connectivity index (χ1) is 16.1. The van der Waals surface area contributed by atoms with Gasteiger partial charge in [0.1, 0.15) is 17.0 Å². The van der Waals surface area contributed by atoms with Gasteiger partial charge < -0.3 is 20.1 Å². The lowest BCUT2D eigenvalue weighted by molar-refractivity contribution is -0.118. The molecule has 0 bridgehead atoms. The van der Waals surface area contributed by atoms with Crippen molar-refractivity contribution in [3.63, 3.8) is 0 Å². The van der Waals surface area contributed by atoms with E-state index in [0.717, 1.165) is 52.9 Å². The third-order valence-electron chi connectivity index (χ3n) is 6.26. The molecule has 0 atom stereocenters. The molecule has 0 unspecified atom stereocenters. The highest BCUT2D eigenvalue weighted by Gasteiger charge is 2.29. The number of ketones is 1. The zero-order valence-electron chi connectivity index (χ0n) is 18.6. The van der Waals surface area contributed by atoms with Crippen LogP contribution in [0.1, 0.15) is 48.0 Å². The number of thiazole rings is 1. The van der Waals surface area contributed by atoms with E-state index in [1.807, 2.05) is 43.3 Å². The molecule has 33 heavy (non-hydrogen) atoms. The predicted octanol–water partition coefficient (Wildman–Crippen LogP) is 4.56. The van der Waals surface area contributed by atoms with Gasteiger partial charge in [0.2, 0.25) is 0 Å². The molecule has 2 heterocycles. The Kier molecular flexibility index (Phi) is 6.28. The number of nitrogens with one attached hydrogen (secondary N) is 2. The van der Waals surface area contributed by atoms with Crippen LogP contribution in [-0.2, 0) is 11.3 Å². The zero-order chi connectivity index (χ0) is 22.8. The van der Waals surface area contributed by atoms with Crippen LogP contribution in [-0.4, -0.2) is 35.9 Å². The van der Waals surface area contributed by atoms with Crippen molar-refractivity contribution in [1.29, 1.82) is 0 Å². The molecule has 1 aromatic heterocycles. The molecule has 2 N–H and O–H groups in total. The Balaban J connectivity index is 1.16. The second-order valence-corrected chi connectivity index (χ2v) is 9.55. The number of para-hydroxylation sites is 1. The van der Waals surface area contributed by atoms with Crippen molar-refractivity contribution < 1.29 is 19.1 Å². The lowest BCUT2D eigenvalue weighted by Gasteiger charge is -2.28. The number of fused-ring (bicyclic) bond motifs is 2. The SMILES string of the molecule is CCOc1cccc2sc(C(=O)C3CCC(NCc4ccc5c(c4)NC(=O)CO5)CC3)nc12. The van der Waals surface area contributed by atoms with Crippen LogP contribution in [0.2, 0.25) is 0 Å². The van der Waals surface area contributed by atoms with E-state index >= 15 is 0 Å². The molecule has 0 spiro atoms. The molecule has 1 aliphatic heterocycles. The fourth-order valence-corrected chi connectivity index (χ4v) is 5.54. The lowest BCUT2D eigenvalue weighted by Crippen LogP contribution is -2.34. The molecule has 1 amide bonds. The smallest absolute Gasteiger partial charge is 0.262 e. The van der Waals surface area contributed by atoms with Crippen LogP contribution in [0, 0.1) is 5.92 Å². The lowest BCUT2D eigenvalue weighted by atomic mass is 9.83. The molecule has 8 heteroatoms. The van der Waals surface area contributed by atoms with Crippen LogP contribution >= 0.6 is 11.3 Å². The highest BCUT2D eigenvalue weighted by Crippen LogP contribution is 2.34. The number of hydrogen-bond donors (Lipinski definition) is 2. The molecule has 1 saturated carbocycles. The van der Waals surface area contributed by atoms with Crippen LogP contribution in [0.15, 0.2) is 36.4 Å². The summed E-state index contributed by atoms with van der Waals surface area (Å²) in [4.78, 5) is 29.3. The second-order valence-electron chi connectivity index (χ2n) is 8.52. The van der Waals surface area contributed by atoms with Gasteiger partial charge in [-0.15, -0.1) is 11.3 Å². The molecular weight excluding hydrogens is 438 g/mol. The van der Waals surface area contributed by atoms with Crippen LogP contribution in [0.3, 0.4) is 0 Å². The van der Waals surface area contributed by atoms with Gasteiger partial charge in [-0.2, -0.15) is 0 Å². The third kappa shape index (κ3) is 4.72. The quantitative estimate of drug-likeness (QED) is 0.498. The highest BCUT2D eigenvalue weighted by molar-refractivity contribution is 7.20. The Labute approximate surface area is 196 Å². The number of hydrogen-bond acceptors (Lipinski definition) is 7. The Morgan fingerprint density at radius 2 is 2.09 bits per heavy atom. The maximum Gasteiger partial charge on any atom is 0.262 e. The van der Waals surface area contributed by atoms with Crippen molar-refractivity contribution in [3.8, 4) is 11.5 Å². The summed E-state index contributed by atoms with van der Waals surface area (Å²) in [6.07, 6.45) is 3.63. The van der Waals surface area contributed by atoms with E-state index < -0.39 is 0 Å². The van der Waals surface area contributed by atoms with Gasteiger partial charge in [0.05, 0.1) is 17.0 Å². The van der Waals surface area contributed by atoms with Gasteiger partial charge in [0.25, 0.3) is 5.91 Å². The van der Waals surface area contributed by atoms with Gasteiger partial charge in [-0.1, -0.05) is 12.1 Å². The number of rotatable bonds is 7. The van der Waals surface area contributed by atoms with E-state index in [4.69, 9.17) is 9.47 Å². The Bertz CT molecular complexity index is 1180. The minimum absolute atomic E-state index is 0.0234. The molecule has 2 aliphatic rings. The van der Waals surface area contributed by atoms with Crippen LogP contribution in [0.5, 0.6) is 11.5 Å². The van der Waals surface area contributed by atoms with Gasteiger partial charge in [-0.3, -0.25) is 9.59 Å². The summed E-state index contributed by atoms with van der Waals surface area (Å²) in [5, 5.41) is 7.04. The topological polar surface area (TPSA) is 89.6 Å². The van der Waals surface area contributed by atoms with Crippen molar-refractivity contribution in [2.24, 2.45) is 5.92 Å². The first kappa shape index (κ1) is 21.9. The number of nitrogens with zero attached hydrogens (tertiary/aromatic N) is 1. The zero-order valence-corrected chi connectivity index (χ0v) is 19.4. The van der Waals surface area contributed by atoms with Crippen LogP contribution in [0.25, 0.3) is 10.2 Å². The maximum atomic E-state index is 13.1. The normalized spacial score (nSPS) is 20.1. The van der Waals surface area contributed by atoms with Crippen molar-refractivity contribution >= 4 is 38.9 Å². The van der Waals surface area contributed by atoms with E-state index in [9.17, 15) is 9.59 Å². The largest absolute Gasteiger partial charge is 0.492 e. The average molecular weight is 466 g/mol. The number of aromatic nitrogens is 1. The summed E-state index contributed by atoms with van der Waals surface area (Å²) < 4.78 is 12.1. The summed E-state index contributed by atoms with van der Waals surface area (Å²) in [5.74, 6) is 1.50. The molecule has 3 aromatic rings. The molecule has 0 saturated heterocycles. The van der Waals surface area contributed by atoms with Gasteiger partial charge in [-0.05, 0) is 62.4 Å². The highest BCUT2D eigenvalue weighted by atomic mass is 32.1. The summed E-state index contributed by atoms with van der Waals surface area (Å²) in [6, 6.07) is 12.1. The average Bonchev–Trinajstić information content (AvgIpc) is 3.28. The molecular formula is C25H27N3O4S. The number of anilines is 1. The van der Waals surface area contributed by atoms with E-state index in [1.165, 1.54) is 11.3 Å². The Morgan fingerprint density at radius 1 is 1.24 bits per heavy atom. The number of amides is 1. The van der Waals surface area contributed by atoms with E-state index in [1.54, 1.807) is 0 Å². The van der Waals surface area contributed by atoms with Gasteiger partial charge in [-0.25, -0.2) is 4.98 Å². The van der Waals surface area contributed by atoms with E-state index in [-0.39, 0.29) is 24.2 Å². The van der Waals surface area contributed by atoms with Gasteiger partial charge >= 0.3 is 0 Å². The monoisotopic (exact) mass is 465 g/mol. The first-order valence-corrected chi connectivity index (χ1v) is 12.3. The van der Waals surface area contributed by atoms with Crippen LogP contribution in [0.4, 0.5) is 5.69 Å². The second kappa shape index (κ2) is 9.49. The van der Waals surface area contributed by atoms with Gasteiger partial charge in [0.15, 0.2) is 17.4 Å². The summed E-state index contributed by atoms with van der Waals surface area (Å²) >= 11 is 1.46. The number of ether oxygens (including phenoxy) is 2. The Morgan fingerprint density at radius 3 is 2.91 bits per heavy atom. The minimum atomic E-state index is -0.127. The van der Waals surface area contributed by atoms with Crippen LogP contribution < -0.4 is 20.1 Å². The minimum Gasteiger partial charge on any atom is -0.492 e. The van der Waals surface area contributed by atoms with E-state index in [2.05, 4.69) is 15.6 Å². The standard InChI is InChI=1S/C25H27N3O4S/c1-2-31-20-4-3-5-21-23(20)28-25(33-21)24(30)16-7-9-17(10-8-16)26-13-15-6-11-19-18(12-15)27-22(29)14-32-19/h3-6,11-12,16-17,26H,2,7-10,13-14H2,1H3,(H,27,29). The first-order valence-electron chi connectivity index (χ1n) is 11.5. The number of carbonyl (C=O) groups is 2. The Hall–Kier alpha value is -2.97. The molecule has 0 radical (unpaired) electrons. The number of Topliss-reactive ketones (excluding diaryl/α,β-unsaturated/α-hetero) is 1. The molecule has 2 aromatic carbocycles. The molecule has 7 nitrogen and oxygen atoms in total. The van der Waals surface area contributed by atoms with Crippen molar-refractivity contribution in [3.05, 3.63) is 47.0 Å². The third-order valence-corrected chi connectivity index (χ3v) is 7.30. The summed E-state index contributed by atoms with van der Waals surface area (Å²) in [7, 11) is 0. The van der Waals surface area contributed by atoms with Crippen molar-refractivity contribution in [2.75, 3.05) is 18.5 Å². The number of carbonyl (C=O) groups excluding carboxylic acids is 2. The molecule has 1 aliphatic carbocycles. The number of benzene rings is 2. The summed E-state index contributed by atoms with van der Waals surface area (Å²) in [6.45, 7) is 3.30. The summed E-state index contributed by atoms with van der Waals surface area (Å²) in [5.41, 5.74) is 2.61. The van der Waals surface area contributed by atoms with E-state index in [0.29, 0.717) is 30.0 Å². The maximum absolute atomic E-state index is 13.1. The van der Waals surface area contributed by atoms with Gasteiger partial charge in [0, 0.05) is 18.5 Å². The molecule has 1 fully saturated rings. The fourth-order valence-electron chi connectivity index (χ4n) is 4.54. The molecule has 5 rings (SSSR count). The fraction of sp³-hybridized carbons (Fsp3) is 0.400. The molecule has 172 valence electrons.